The Morgan fingerprint density at radius 2 is 2.08 bits per heavy atom. The van der Waals surface area contributed by atoms with Gasteiger partial charge in [-0.3, -0.25) is 0 Å². The second-order valence-corrected chi connectivity index (χ2v) is 5.39. The van der Waals surface area contributed by atoms with Gasteiger partial charge in [0, 0.05) is 0 Å². The monoisotopic (exact) mass is 223 g/mol. The molecule has 4 heteroatoms. The molecule has 2 nitrogen and oxygen atoms in total. The first-order valence-corrected chi connectivity index (χ1v) is 5.10. The molecule has 0 saturated heterocycles. The van der Waals surface area contributed by atoms with E-state index in [9.17, 15) is 0 Å². The molecule has 0 aromatic heterocycles. The van der Waals surface area contributed by atoms with Gasteiger partial charge < -0.3 is 4.84 Å². The highest BCUT2D eigenvalue weighted by Crippen LogP contribution is 2.35. The fraction of sp³-hybridized carbons (Fsp3) is 0.778. The lowest BCUT2D eigenvalue weighted by molar-refractivity contribution is -0.152. The molecule has 0 amide bonds. The molecule has 0 fully saturated rings. The Balaban J connectivity index is 2.81. The zero-order valence-electron chi connectivity index (χ0n) is 8.34. The van der Waals surface area contributed by atoms with Gasteiger partial charge in [0.05, 0.1) is 11.1 Å². The highest BCUT2D eigenvalue weighted by atomic mass is 35.5. The first kappa shape index (κ1) is 11.2. The minimum absolute atomic E-state index is 0.0640. The van der Waals surface area contributed by atoms with Gasteiger partial charge in [0.15, 0.2) is 0 Å². The number of hydroxylamine groups is 2. The Hall–Kier alpha value is 0.0800. The highest BCUT2D eigenvalue weighted by molar-refractivity contribution is 6.30. The third kappa shape index (κ3) is 2.30. The summed E-state index contributed by atoms with van der Waals surface area (Å²) in [6, 6.07) is 0.0640. The average Bonchev–Trinajstić information content (AvgIpc) is 2.28. The number of halogens is 2. The van der Waals surface area contributed by atoms with Crippen molar-refractivity contribution in [3.05, 3.63) is 11.3 Å². The summed E-state index contributed by atoms with van der Waals surface area (Å²) in [6.07, 6.45) is 1.55. The van der Waals surface area contributed by atoms with E-state index in [1.165, 1.54) is 0 Å². The smallest absolute Gasteiger partial charge is 0.128 e. The molecule has 1 rings (SSSR count). The van der Waals surface area contributed by atoms with Crippen molar-refractivity contribution in [2.45, 2.75) is 38.7 Å². The minimum atomic E-state index is -0.540. The van der Waals surface area contributed by atoms with Crippen molar-refractivity contribution < 1.29 is 4.84 Å². The van der Waals surface area contributed by atoms with Crippen LogP contribution in [0, 0.1) is 5.92 Å². The van der Waals surface area contributed by atoms with Crippen LogP contribution in [-0.4, -0.2) is 16.1 Å². The first-order chi connectivity index (χ1) is 5.84. The topological polar surface area (TPSA) is 12.5 Å². The van der Waals surface area contributed by atoms with Crippen LogP contribution in [0.2, 0.25) is 0 Å². The second kappa shape index (κ2) is 3.68. The second-order valence-electron chi connectivity index (χ2n) is 4.03. The molecule has 76 valence electrons. The standard InChI is InChI=1S/C9H15Cl2NO/c1-6(2)8-7(10)5-13-12(8)9(3,4)11/h5-6,8H,1-4H3. The van der Waals surface area contributed by atoms with Crippen molar-refractivity contribution >= 4 is 23.2 Å². The summed E-state index contributed by atoms with van der Waals surface area (Å²) < 4.78 is 0. The maximum Gasteiger partial charge on any atom is 0.128 e. The normalized spacial score (nSPS) is 24.8. The van der Waals surface area contributed by atoms with Crippen LogP contribution in [0.25, 0.3) is 0 Å². The summed E-state index contributed by atoms with van der Waals surface area (Å²) in [5.41, 5.74) is 0. The van der Waals surface area contributed by atoms with Gasteiger partial charge in [-0.15, -0.1) is 5.06 Å². The van der Waals surface area contributed by atoms with E-state index in [4.69, 9.17) is 28.0 Å². The predicted molar refractivity (Wildman–Crippen MR) is 55.4 cm³/mol. The molecule has 0 radical (unpaired) electrons. The van der Waals surface area contributed by atoms with E-state index < -0.39 is 5.00 Å². The molecule has 1 heterocycles. The summed E-state index contributed by atoms with van der Waals surface area (Å²) in [6.45, 7) is 7.94. The summed E-state index contributed by atoms with van der Waals surface area (Å²) in [5, 5.41) is 2.44. The average molecular weight is 224 g/mol. The van der Waals surface area contributed by atoms with E-state index in [0.717, 1.165) is 0 Å². The molecule has 1 unspecified atom stereocenters. The van der Waals surface area contributed by atoms with Crippen molar-refractivity contribution in [3.63, 3.8) is 0 Å². The number of hydrogen-bond acceptors (Lipinski definition) is 2. The Kier molecular flexibility index (Phi) is 3.16. The summed E-state index contributed by atoms with van der Waals surface area (Å²) in [4.78, 5) is 4.77. The van der Waals surface area contributed by atoms with E-state index in [1.54, 1.807) is 11.3 Å². The lowest BCUT2D eigenvalue weighted by Gasteiger charge is -2.34. The molecular weight excluding hydrogens is 209 g/mol. The fourth-order valence-corrected chi connectivity index (χ4v) is 1.93. The van der Waals surface area contributed by atoms with Gasteiger partial charge in [-0.1, -0.05) is 37.0 Å². The Labute approximate surface area is 89.4 Å². The zero-order chi connectivity index (χ0) is 10.2. The molecule has 0 saturated carbocycles. The minimum Gasteiger partial charge on any atom is -0.410 e. The van der Waals surface area contributed by atoms with Crippen LogP contribution in [-0.2, 0) is 4.84 Å². The SMILES string of the molecule is CC(C)C1C(Cl)=CON1C(C)(C)Cl. The van der Waals surface area contributed by atoms with E-state index in [-0.39, 0.29) is 6.04 Å². The quantitative estimate of drug-likeness (QED) is 0.527. The van der Waals surface area contributed by atoms with Gasteiger partial charge in [-0.2, -0.15) is 0 Å². The molecule has 0 bridgehead atoms. The van der Waals surface area contributed by atoms with Crippen molar-refractivity contribution in [2.75, 3.05) is 0 Å². The van der Waals surface area contributed by atoms with Crippen LogP contribution >= 0.6 is 23.2 Å². The molecule has 0 spiro atoms. The molecule has 13 heavy (non-hydrogen) atoms. The molecule has 0 aliphatic carbocycles. The van der Waals surface area contributed by atoms with Crippen LogP contribution < -0.4 is 0 Å². The molecule has 0 aromatic carbocycles. The summed E-state index contributed by atoms with van der Waals surface area (Å²) >= 11 is 12.2. The van der Waals surface area contributed by atoms with Crippen molar-refractivity contribution in [3.8, 4) is 0 Å². The van der Waals surface area contributed by atoms with Gasteiger partial charge in [0.25, 0.3) is 0 Å². The van der Waals surface area contributed by atoms with Crippen molar-refractivity contribution in [2.24, 2.45) is 5.92 Å². The van der Waals surface area contributed by atoms with Crippen LogP contribution in [0.4, 0.5) is 0 Å². The van der Waals surface area contributed by atoms with Gasteiger partial charge in [0.2, 0.25) is 0 Å². The summed E-state index contributed by atoms with van der Waals surface area (Å²) in [7, 11) is 0. The van der Waals surface area contributed by atoms with Gasteiger partial charge >= 0.3 is 0 Å². The van der Waals surface area contributed by atoms with E-state index in [0.29, 0.717) is 11.0 Å². The summed E-state index contributed by atoms with van der Waals surface area (Å²) in [5.74, 6) is 0.379. The number of alkyl halides is 1. The van der Waals surface area contributed by atoms with Crippen LogP contribution in [0.3, 0.4) is 0 Å². The van der Waals surface area contributed by atoms with E-state index >= 15 is 0 Å². The lowest BCUT2D eigenvalue weighted by atomic mass is 10.0. The third-order valence-corrected chi connectivity index (χ3v) is 2.45. The van der Waals surface area contributed by atoms with Crippen molar-refractivity contribution in [1.82, 2.24) is 5.06 Å². The fourth-order valence-electron chi connectivity index (χ4n) is 1.40. The first-order valence-electron chi connectivity index (χ1n) is 4.34. The lowest BCUT2D eigenvalue weighted by Crippen LogP contribution is -2.45. The highest BCUT2D eigenvalue weighted by Gasteiger charge is 2.39. The zero-order valence-corrected chi connectivity index (χ0v) is 9.86. The molecular formula is C9H15Cl2NO. The van der Waals surface area contributed by atoms with E-state index in [2.05, 4.69) is 13.8 Å². The van der Waals surface area contributed by atoms with Crippen LogP contribution in [0.5, 0.6) is 0 Å². The molecule has 1 aliphatic rings. The van der Waals surface area contributed by atoms with Gasteiger partial charge in [-0.25, -0.2) is 0 Å². The van der Waals surface area contributed by atoms with Gasteiger partial charge in [0.1, 0.15) is 11.3 Å². The molecule has 1 aliphatic heterocycles. The maximum atomic E-state index is 6.15. The number of hydrogen-bond donors (Lipinski definition) is 0. The Bertz CT molecular complexity index is 220. The molecule has 0 N–H and O–H groups in total. The Morgan fingerprint density at radius 3 is 2.38 bits per heavy atom. The third-order valence-electron chi connectivity index (χ3n) is 1.97. The maximum absolute atomic E-state index is 6.15. The predicted octanol–water partition coefficient (Wildman–Crippen LogP) is 3.31. The van der Waals surface area contributed by atoms with Crippen LogP contribution in [0.1, 0.15) is 27.7 Å². The van der Waals surface area contributed by atoms with Crippen LogP contribution in [0.15, 0.2) is 11.3 Å². The Morgan fingerprint density at radius 1 is 1.54 bits per heavy atom. The van der Waals surface area contributed by atoms with E-state index in [1.807, 2.05) is 13.8 Å². The molecule has 1 atom stereocenters. The largest absolute Gasteiger partial charge is 0.410 e. The van der Waals surface area contributed by atoms with Crippen molar-refractivity contribution in [1.29, 1.82) is 0 Å². The number of nitrogens with zero attached hydrogens (tertiary/aromatic N) is 1. The van der Waals surface area contributed by atoms with Gasteiger partial charge in [-0.05, 0) is 19.8 Å². The molecule has 0 aromatic rings. The number of rotatable bonds is 2.